The molecule has 1 saturated heterocycles. The van der Waals surface area contributed by atoms with Crippen LogP contribution in [-0.4, -0.2) is 35.4 Å². The van der Waals surface area contributed by atoms with Gasteiger partial charge in [0, 0.05) is 24.8 Å². The van der Waals surface area contributed by atoms with Crippen LogP contribution in [0, 0.1) is 10.1 Å². The summed E-state index contributed by atoms with van der Waals surface area (Å²) in [5.41, 5.74) is 1.83. The van der Waals surface area contributed by atoms with E-state index in [1.54, 1.807) is 18.2 Å². The molecule has 1 amide bonds. The SMILES string of the molecule is O=C(/C=C/c1cccc([N+](=O)[O-])c1)NCC(c1ccccc1)N1CCCC1. The number of rotatable bonds is 7. The van der Waals surface area contributed by atoms with Crippen molar-refractivity contribution in [1.82, 2.24) is 10.2 Å². The molecule has 27 heavy (non-hydrogen) atoms. The van der Waals surface area contributed by atoms with Gasteiger partial charge in [-0.2, -0.15) is 0 Å². The number of nitrogens with zero attached hydrogens (tertiary/aromatic N) is 2. The first-order valence-corrected chi connectivity index (χ1v) is 9.13. The van der Waals surface area contributed by atoms with Gasteiger partial charge < -0.3 is 5.32 Å². The summed E-state index contributed by atoms with van der Waals surface area (Å²) in [6, 6.07) is 16.6. The van der Waals surface area contributed by atoms with Crippen molar-refractivity contribution >= 4 is 17.7 Å². The van der Waals surface area contributed by atoms with Gasteiger partial charge in [-0.15, -0.1) is 0 Å². The monoisotopic (exact) mass is 365 g/mol. The molecular formula is C21H23N3O3. The van der Waals surface area contributed by atoms with E-state index in [0.29, 0.717) is 12.1 Å². The van der Waals surface area contributed by atoms with E-state index in [0.717, 1.165) is 13.1 Å². The zero-order chi connectivity index (χ0) is 19.1. The second-order valence-corrected chi connectivity index (χ2v) is 6.60. The smallest absolute Gasteiger partial charge is 0.270 e. The molecule has 1 heterocycles. The van der Waals surface area contributed by atoms with E-state index in [4.69, 9.17) is 0 Å². The Morgan fingerprint density at radius 3 is 2.59 bits per heavy atom. The van der Waals surface area contributed by atoms with Crippen LogP contribution in [0.5, 0.6) is 0 Å². The van der Waals surface area contributed by atoms with Crippen molar-refractivity contribution in [1.29, 1.82) is 0 Å². The highest BCUT2D eigenvalue weighted by Crippen LogP contribution is 2.24. The van der Waals surface area contributed by atoms with Crippen molar-refractivity contribution in [2.45, 2.75) is 18.9 Å². The predicted molar refractivity (Wildman–Crippen MR) is 105 cm³/mol. The second kappa shape index (κ2) is 9.09. The lowest BCUT2D eigenvalue weighted by molar-refractivity contribution is -0.384. The maximum absolute atomic E-state index is 12.2. The van der Waals surface area contributed by atoms with Gasteiger partial charge in [0.1, 0.15) is 0 Å². The Kier molecular flexibility index (Phi) is 6.33. The highest BCUT2D eigenvalue weighted by atomic mass is 16.6. The van der Waals surface area contributed by atoms with Crippen LogP contribution in [0.15, 0.2) is 60.7 Å². The highest BCUT2D eigenvalue weighted by molar-refractivity contribution is 5.91. The lowest BCUT2D eigenvalue weighted by Gasteiger charge is -2.28. The average molecular weight is 365 g/mol. The first-order valence-electron chi connectivity index (χ1n) is 9.13. The highest BCUT2D eigenvalue weighted by Gasteiger charge is 2.23. The molecule has 6 nitrogen and oxygen atoms in total. The van der Waals surface area contributed by atoms with Crippen molar-refractivity contribution in [3.63, 3.8) is 0 Å². The van der Waals surface area contributed by atoms with Crippen LogP contribution in [0.2, 0.25) is 0 Å². The Morgan fingerprint density at radius 1 is 1.15 bits per heavy atom. The number of benzene rings is 2. The average Bonchev–Trinajstić information content (AvgIpc) is 3.22. The normalized spacial score (nSPS) is 15.7. The fraction of sp³-hybridized carbons (Fsp3) is 0.286. The Labute approximate surface area is 158 Å². The third kappa shape index (κ3) is 5.24. The summed E-state index contributed by atoms with van der Waals surface area (Å²) in [7, 11) is 0. The molecule has 1 atom stereocenters. The van der Waals surface area contributed by atoms with Gasteiger partial charge in [-0.05, 0) is 43.1 Å². The van der Waals surface area contributed by atoms with Crippen LogP contribution >= 0.6 is 0 Å². The molecule has 2 aromatic carbocycles. The maximum Gasteiger partial charge on any atom is 0.270 e. The first kappa shape index (κ1) is 18.8. The second-order valence-electron chi connectivity index (χ2n) is 6.60. The van der Waals surface area contributed by atoms with Gasteiger partial charge in [0.25, 0.3) is 5.69 Å². The molecule has 1 unspecified atom stereocenters. The van der Waals surface area contributed by atoms with E-state index in [1.807, 2.05) is 18.2 Å². The summed E-state index contributed by atoms with van der Waals surface area (Å²) >= 11 is 0. The number of nitro groups is 1. The number of nitro benzene ring substituents is 1. The van der Waals surface area contributed by atoms with Gasteiger partial charge in [0.05, 0.1) is 11.0 Å². The molecule has 0 saturated carbocycles. The summed E-state index contributed by atoms with van der Waals surface area (Å²) in [6.45, 7) is 2.61. The van der Waals surface area contributed by atoms with Gasteiger partial charge in [-0.3, -0.25) is 19.8 Å². The Bertz CT molecular complexity index is 814. The molecule has 0 aliphatic carbocycles. The van der Waals surface area contributed by atoms with Gasteiger partial charge >= 0.3 is 0 Å². The molecule has 0 radical (unpaired) electrons. The van der Waals surface area contributed by atoms with Crippen molar-refractivity contribution in [3.05, 3.63) is 81.9 Å². The Hall–Kier alpha value is -2.99. The summed E-state index contributed by atoms with van der Waals surface area (Å²) in [6.07, 6.45) is 5.38. The molecular weight excluding hydrogens is 342 g/mol. The van der Waals surface area contributed by atoms with E-state index in [9.17, 15) is 14.9 Å². The third-order valence-electron chi connectivity index (χ3n) is 4.74. The standard InChI is InChI=1S/C21H23N3O3/c25-21(12-11-17-7-6-10-19(15-17)24(26)27)22-16-20(23-13-4-5-14-23)18-8-2-1-3-9-18/h1-3,6-12,15,20H,4-5,13-14,16H2,(H,22,25)/b12-11+. The quantitative estimate of drug-likeness (QED) is 0.462. The lowest BCUT2D eigenvalue weighted by atomic mass is 10.1. The molecule has 1 aliphatic heterocycles. The molecule has 6 heteroatoms. The Morgan fingerprint density at radius 2 is 1.89 bits per heavy atom. The number of carbonyl (C=O) groups is 1. The number of hydrogen-bond donors (Lipinski definition) is 1. The largest absolute Gasteiger partial charge is 0.351 e. The molecule has 1 N–H and O–H groups in total. The van der Waals surface area contributed by atoms with Crippen molar-refractivity contribution in [2.75, 3.05) is 19.6 Å². The lowest BCUT2D eigenvalue weighted by Crippen LogP contribution is -2.36. The molecule has 1 fully saturated rings. The van der Waals surface area contributed by atoms with Crippen LogP contribution in [0.1, 0.15) is 30.0 Å². The fourth-order valence-corrected chi connectivity index (χ4v) is 3.36. The predicted octanol–water partition coefficient (Wildman–Crippen LogP) is 3.56. The summed E-state index contributed by atoms with van der Waals surface area (Å²) < 4.78 is 0. The van der Waals surface area contributed by atoms with E-state index in [-0.39, 0.29) is 17.6 Å². The van der Waals surface area contributed by atoms with Crippen LogP contribution < -0.4 is 5.32 Å². The van der Waals surface area contributed by atoms with Crippen molar-refractivity contribution in [2.24, 2.45) is 0 Å². The van der Waals surface area contributed by atoms with Crippen molar-refractivity contribution < 1.29 is 9.72 Å². The van der Waals surface area contributed by atoms with E-state index >= 15 is 0 Å². The van der Waals surface area contributed by atoms with E-state index < -0.39 is 4.92 Å². The molecule has 1 aliphatic rings. The fourth-order valence-electron chi connectivity index (χ4n) is 3.36. The number of likely N-dealkylation sites (tertiary alicyclic amines) is 1. The zero-order valence-corrected chi connectivity index (χ0v) is 15.1. The topological polar surface area (TPSA) is 75.5 Å². The summed E-state index contributed by atoms with van der Waals surface area (Å²) in [5, 5.41) is 13.8. The number of non-ortho nitro benzene ring substituents is 1. The van der Waals surface area contributed by atoms with Gasteiger partial charge in [-0.25, -0.2) is 0 Å². The van der Waals surface area contributed by atoms with Crippen LogP contribution in [0.3, 0.4) is 0 Å². The van der Waals surface area contributed by atoms with E-state index in [1.165, 1.54) is 36.6 Å². The minimum absolute atomic E-state index is 0.00994. The maximum atomic E-state index is 12.2. The number of carbonyl (C=O) groups excluding carboxylic acids is 1. The van der Waals surface area contributed by atoms with Crippen LogP contribution in [0.25, 0.3) is 6.08 Å². The number of amides is 1. The summed E-state index contributed by atoms with van der Waals surface area (Å²) in [5.74, 6) is -0.207. The molecule has 0 spiro atoms. The van der Waals surface area contributed by atoms with Crippen LogP contribution in [-0.2, 0) is 4.79 Å². The number of nitrogens with one attached hydrogen (secondary N) is 1. The zero-order valence-electron chi connectivity index (χ0n) is 15.1. The van der Waals surface area contributed by atoms with E-state index in [2.05, 4.69) is 22.3 Å². The molecule has 140 valence electrons. The molecule has 2 aromatic rings. The first-order chi connectivity index (χ1) is 13.1. The third-order valence-corrected chi connectivity index (χ3v) is 4.74. The molecule has 0 bridgehead atoms. The van der Waals surface area contributed by atoms with Crippen molar-refractivity contribution in [3.8, 4) is 0 Å². The summed E-state index contributed by atoms with van der Waals surface area (Å²) in [4.78, 5) is 25.0. The number of hydrogen-bond acceptors (Lipinski definition) is 4. The van der Waals surface area contributed by atoms with Crippen LogP contribution in [0.4, 0.5) is 5.69 Å². The Balaban J connectivity index is 1.62. The minimum atomic E-state index is -0.447. The van der Waals surface area contributed by atoms with Gasteiger partial charge in [-0.1, -0.05) is 42.5 Å². The van der Waals surface area contributed by atoms with Gasteiger partial charge in [0.15, 0.2) is 0 Å². The van der Waals surface area contributed by atoms with Gasteiger partial charge in [0.2, 0.25) is 5.91 Å². The molecule has 3 rings (SSSR count). The molecule has 0 aromatic heterocycles. The minimum Gasteiger partial charge on any atom is -0.351 e.